The van der Waals surface area contributed by atoms with Crippen LogP contribution in [0, 0.1) is 11.6 Å². The van der Waals surface area contributed by atoms with Gasteiger partial charge in [-0.2, -0.15) is 0 Å². The van der Waals surface area contributed by atoms with Crippen molar-refractivity contribution in [2.45, 2.75) is 25.3 Å². The van der Waals surface area contributed by atoms with Crippen molar-refractivity contribution in [3.05, 3.63) is 65.5 Å². The molecule has 20 heavy (non-hydrogen) atoms. The van der Waals surface area contributed by atoms with E-state index in [9.17, 15) is 8.78 Å². The quantitative estimate of drug-likeness (QED) is 0.877. The zero-order valence-corrected chi connectivity index (χ0v) is 11.4. The lowest BCUT2D eigenvalue weighted by Crippen LogP contribution is -2.28. The minimum Gasteiger partial charge on any atom is -0.317 e. The lowest BCUT2D eigenvalue weighted by Gasteiger charge is -2.16. The molecule has 1 unspecified atom stereocenters. The number of benzene rings is 1. The molecule has 0 aliphatic heterocycles. The number of aryl methyl sites for hydroxylation is 1. The Morgan fingerprint density at radius 1 is 1.15 bits per heavy atom. The molecular formula is C16H18F2N2. The van der Waals surface area contributed by atoms with Gasteiger partial charge < -0.3 is 5.32 Å². The largest absolute Gasteiger partial charge is 0.317 e. The monoisotopic (exact) mass is 276 g/mol. The third-order valence-electron chi connectivity index (χ3n) is 3.29. The highest BCUT2D eigenvalue weighted by atomic mass is 19.1. The Bertz CT molecular complexity index is 523. The molecule has 1 heterocycles. The van der Waals surface area contributed by atoms with Crippen LogP contribution in [0.3, 0.4) is 0 Å². The lowest BCUT2D eigenvalue weighted by molar-refractivity contribution is 0.511. The van der Waals surface area contributed by atoms with E-state index in [1.807, 2.05) is 25.2 Å². The molecule has 0 radical (unpaired) electrons. The molecule has 0 bridgehead atoms. The van der Waals surface area contributed by atoms with Crippen molar-refractivity contribution in [2.24, 2.45) is 0 Å². The summed E-state index contributed by atoms with van der Waals surface area (Å²) in [5.74, 6) is -1.06. The molecular weight excluding hydrogens is 258 g/mol. The van der Waals surface area contributed by atoms with E-state index in [4.69, 9.17) is 0 Å². The molecule has 0 aliphatic carbocycles. The molecule has 0 aliphatic rings. The number of pyridine rings is 1. The summed E-state index contributed by atoms with van der Waals surface area (Å²) in [6, 6.07) is 9.65. The molecule has 1 aromatic heterocycles. The van der Waals surface area contributed by atoms with E-state index in [0.29, 0.717) is 12.0 Å². The molecule has 0 saturated carbocycles. The Morgan fingerprint density at radius 3 is 2.50 bits per heavy atom. The van der Waals surface area contributed by atoms with Gasteiger partial charge in [0.15, 0.2) is 0 Å². The first kappa shape index (κ1) is 14.6. The Labute approximate surface area is 117 Å². The second-order valence-corrected chi connectivity index (χ2v) is 4.83. The minimum absolute atomic E-state index is 0.165. The normalized spacial score (nSPS) is 12.3. The highest BCUT2D eigenvalue weighted by Crippen LogP contribution is 2.12. The number of nitrogens with zero attached hydrogens (tertiary/aromatic N) is 1. The van der Waals surface area contributed by atoms with Crippen LogP contribution in [0.4, 0.5) is 8.78 Å². The Morgan fingerprint density at radius 2 is 1.90 bits per heavy atom. The van der Waals surface area contributed by atoms with Crippen LogP contribution >= 0.6 is 0 Å². The van der Waals surface area contributed by atoms with Crippen LogP contribution in [0.15, 0.2) is 42.6 Å². The summed E-state index contributed by atoms with van der Waals surface area (Å²) in [4.78, 5) is 4.27. The maximum Gasteiger partial charge on any atom is 0.126 e. The van der Waals surface area contributed by atoms with Crippen molar-refractivity contribution in [1.29, 1.82) is 0 Å². The molecule has 2 rings (SSSR count). The van der Waals surface area contributed by atoms with Crippen molar-refractivity contribution in [1.82, 2.24) is 10.3 Å². The van der Waals surface area contributed by atoms with Gasteiger partial charge in [-0.3, -0.25) is 4.98 Å². The third-order valence-corrected chi connectivity index (χ3v) is 3.29. The third kappa shape index (κ3) is 4.38. The molecule has 1 aromatic carbocycles. The molecule has 0 amide bonds. The molecule has 0 spiro atoms. The van der Waals surface area contributed by atoms with Crippen LogP contribution in [0.1, 0.15) is 17.7 Å². The van der Waals surface area contributed by atoms with Gasteiger partial charge in [-0.05, 0) is 56.1 Å². The summed E-state index contributed by atoms with van der Waals surface area (Å²) in [5.41, 5.74) is 1.70. The van der Waals surface area contributed by atoms with E-state index in [0.717, 1.165) is 24.6 Å². The lowest BCUT2D eigenvalue weighted by atomic mass is 10.0. The van der Waals surface area contributed by atoms with Crippen LogP contribution in [0.2, 0.25) is 0 Å². The summed E-state index contributed by atoms with van der Waals surface area (Å²) < 4.78 is 26.3. The van der Waals surface area contributed by atoms with Gasteiger partial charge in [0.25, 0.3) is 0 Å². The number of aromatic nitrogens is 1. The SMILES string of the molecule is CNC(CCc1ccccn1)Cc1cc(F)cc(F)c1. The molecule has 0 fully saturated rings. The van der Waals surface area contributed by atoms with Crippen LogP contribution in [0.5, 0.6) is 0 Å². The fraction of sp³-hybridized carbons (Fsp3) is 0.312. The van der Waals surface area contributed by atoms with E-state index in [1.165, 1.54) is 12.1 Å². The van der Waals surface area contributed by atoms with Gasteiger partial charge in [0.1, 0.15) is 11.6 Å². The van der Waals surface area contributed by atoms with E-state index in [2.05, 4.69) is 10.3 Å². The standard InChI is InChI=1S/C16H18F2N2/c1-19-16(6-5-15-4-2-3-7-20-15)10-12-8-13(17)11-14(18)9-12/h2-4,7-9,11,16,19H,5-6,10H2,1H3. The van der Waals surface area contributed by atoms with Crippen LogP contribution in [-0.4, -0.2) is 18.1 Å². The second-order valence-electron chi connectivity index (χ2n) is 4.83. The van der Waals surface area contributed by atoms with Crippen molar-refractivity contribution < 1.29 is 8.78 Å². The summed E-state index contributed by atoms with van der Waals surface area (Å²) in [6.07, 6.45) is 4.07. The molecule has 1 N–H and O–H groups in total. The smallest absolute Gasteiger partial charge is 0.126 e. The first-order valence-electron chi connectivity index (χ1n) is 6.69. The van der Waals surface area contributed by atoms with Crippen LogP contribution in [-0.2, 0) is 12.8 Å². The molecule has 106 valence electrons. The molecule has 1 atom stereocenters. The number of halogens is 2. The van der Waals surface area contributed by atoms with E-state index < -0.39 is 11.6 Å². The fourth-order valence-electron chi connectivity index (χ4n) is 2.23. The van der Waals surface area contributed by atoms with Crippen molar-refractivity contribution in [3.63, 3.8) is 0 Å². The van der Waals surface area contributed by atoms with E-state index >= 15 is 0 Å². The summed E-state index contributed by atoms with van der Waals surface area (Å²) in [7, 11) is 1.86. The Balaban J connectivity index is 1.95. The highest BCUT2D eigenvalue weighted by Gasteiger charge is 2.10. The predicted octanol–water partition coefficient (Wildman–Crippen LogP) is 3.12. The second kappa shape index (κ2) is 7.10. The molecule has 0 saturated heterocycles. The predicted molar refractivity (Wildman–Crippen MR) is 75.5 cm³/mol. The van der Waals surface area contributed by atoms with Crippen LogP contribution in [0.25, 0.3) is 0 Å². The summed E-state index contributed by atoms with van der Waals surface area (Å²) in [5, 5.41) is 3.19. The highest BCUT2D eigenvalue weighted by molar-refractivity contribution is 5.19. The molecule has 2 nitrogen and oxygen atoms in total. The minimum atomic E-state index is -0.528. The van der Waals surface area contributed by atoms with Crippen LogP contribution < -0.4 is 5.32 Å². The number of nitrogens with one attached hydrogen (secondary N) is 1. The molecule has 4 heteroatoms. The van der Waals surface area contributed by atoms with Crippen molar-refractivity contribution >= 4 is 0 Å². The maximum absolute atomic E-state index is 13.2. The van der Waals surface area contributed by atoms with Crippen molar-refractivity contribution in [2.75, 3.05) is 7.05 Å². The fourth-order valence-corrected chi connectivity index (χ4v) is 2.23. The van der Waals surface area contributed by atoms with Gasteiger partial charge in [0.05, 0.1) is 0 Å². The maximum atomic E-state index is 13.2. The average Bonchev–Trinajstić information content (AvgIpc) is 2.43. The number of likely N-dealkylation sites (N-methyl/N-ethyl adjacent to an activating group) is 1. The first-order valence-corrected chi connectivity index (χ1v) is 6.69. The first-order chi connectivity index (χ1) is 9.67. The van der Waals surface area contributed by atoms with Gasteiger partial charge in [-0.25, -0.2) is 8.78 Å². The van der Waals surface area contributed by atoms with Gasteiger partial charge in [0.2, 0.25) is 0 Å². The number of rotatable bonds is 6. The number of hydrogen-bond donors (Lipinski definition) is 1. The zero-order valence-electron chi connectivity index (χ0n) is 11.4. The Hall–Kier alpha value is -1.81. The number of hydrogen-bond acceptors (Lipinski definition) is 2. The topological polar surface area (TPSA) is 24.9 Å². The Kier molecular flexibility index (Phi) is 5.18. The molecule has 2 aromatic rings. The van der Waals surface area contributed by atoms with Crippen molar-refractivity contribution in [3.8, 4) is 0 Å². The average molecular weight is 276 g/mol. The van der Waals surface area contributed by atoms with E-state index in [-0.39, 0.29) is 6.04 Å². The zero-order chi connectivity index (χ0) is 14.4. The summed E-state index contributed by atoms with van der Waals surface area (Å²) >= 11 is 0. The van der Waals surface area contributed by atoms with Gasteiger partial charge >= 0.3 is 0 Å². The van der Waals surface area contributed by atoms with Gasteiger partial charge in [-0.15, -0.1) is 0 Å². The van der Waals surface area contributed by atoms with Gasteiger partial charge in [-0.1, -0.05) is 6.07 Å². The summed E-state index contributed by atoms with van der Waals surface area (Å²) in [6.45, 7) is 0. The van der Waals surface area contributed by atoms with E-state index in [1.54, 1.807) is 6.20 Å². The van der Waals surface area contributed by atoms with Gasteiger partial charge in [0, 0.05) is 24.0 Å².